The molecule has 1 aromatic carbocycles. The van der Waals surface area contributed by atoms with E-state index < -0.39 is 0 Å². The van der Waals surface area contributed by atoms with Gasteiger partial charge in [0, 0.05) is 5.75 Å². The largest absolute Gasteiger partial charge is 0.377 e. The number of hydrogen-bond donors (Lipinski definition) is 2. The summed E-state index contributed by atoms with van der Waals surface area (Å²) in [7, 11) is 0. The lowest BCUT2D eigenvalue weighted by Crippen LogP contribution is -2.45. The zero-order valence-electron chi connectivity index (χ0n) is 8.57. The van der Waals surface area contributed by atoms with E-state index in [4.69, 9.17) is 0 Å². The van der Waals surface area contributed by atoms with Crippen molar-refractivity contribution in [1.29, 1.82) is 0 Å². The Hall–Kier alpha value is -1.16. The summed E-state index contributed by atoms with van der Waals surface area (Å²) in [5.74, 6) is 0.921. The van der Waals surface area contributed by atoms with Crippen LogP contribution in [0.4, 0.5) is 11.4 Å². The second kappa shape index (κ2) is 4.57. The molecule has 1 heterocycles. The Morgan fingerprint density at radius 3 is 2.60 bits per heavy atom. The van der Waals surface area contributed by atoms with Gasteiger partial charge in [0.2, 0.25) is 0 Å². The first-order chi connectivity index (χ1) is 7.35. The van der Waals surface area contributed by atoms with Crippen molar-refractivity contribution in [3.8, 4) is 0 Å². The van der Waals surface area contributed by atoms with Crippen LogP contribution in [0.2, 0.25) is 0 Å². The third-order valence-corrected chi connectivity index (χ3v) is 3.21. The van der Waals surface area contributed by atoms with Gasteiger partial charge in [-0.05, 0) is 18.4 Å². The minimum atomic E-state index is -0.132. The molecule has 3 nitrogen and oxygen atoms in total. The van der Waals surface area contributed by atoms with Gasteiger partial charge in [-0.2, -0.15) is 11.8 Å². The molecule has 0 saturated carbocycles. The zero-order valence-corrected chi connectivity index (χ0v) is 9.38. The summed E-state index contributed by atoms with van der Waals surface area (Å²) in [5.41, 5.74) is 2.08. The molecule has 0 amide bonds. The zero-order chi connectivity index (χ0) is 10.7. The van der Waals surface area contributed by atoms with Crippen LogP contribution in [0.25, 0.3) is 0 Å². The van der Waals surface area contributed by atoms with Gasteiger partial charge in [0.15, 0.2) is 0 Å². The molecule has 2 unspecified atom stereocenters. The smallest absolute Gasteiger partial charge is 0.144 e. The number of carbonyl (C=O) groups excluding carboxylic acids is 1. The predicted octanol–water partition coefficient (Wildman–Crippen LogP) is 1.82. The van der Waals surface area contributed by atoms with E-state index in [0.29, 0.717) is 0 Å². The number of rotatable bonds is 3. The summed E-state index contributed by atoms with van der Waals surface area (Å²) in [4.78, 5) is 10.9. The van der Waals surface area contributed by atoms with Gasteiger partial charge in [-0.25, -0.2) is 0 Å². The molecule has 15 heavy (non-hydrogen) atoms. The van der Waals surface area contributed by atoms with Crippen LogP contribution in [0.15, 0.2) is 24.3 Å². The molecule has 0 radical (unpaired) electrons. The van der Waals surface area contributed by atoms with Gasteiger partial charge in [-0.1, -0.05) is 12.1 Å². The van der Waals surface area contributed by atoms with Crippen LogP contribution in [-0.2, 0) is 4.79 Å². The van der Waals surface area contributed by atoms with Gasteiger partial charge >= 0.3 is 0 Å². The standard InChI is InChI=1S/C11H14N2OS/c1-15-7-11-10(6-14)12-8-4-2-3-5-9(8)13-11/h2-6,10-13H,7H2,1H3. The maximum Gasteiger partial charge on any atom is 0.144 e. The summed E-state index contributed by atoms with van der Waals surface area (Å²) in [6, 6.07) is 8.00. The Morgan fingerprint density at radius 2 is 2.00 bits per heavy atom. The molecule has 1 aliphatic heterocycles. The van der Waals surface area contributed by atoms with E-state index in [0.717, 1.165) is 23.4 Å². The summed E-state index contributed by atoms with van der Waals surface area (Å²) in [6.45, 7) is 0. The molecule has 1 aromatic rings. The highest BCUT2D eigenvalue weighted by Crippen LogP contribution is 2.28. The molecule has 0 fully saturated rings. The van der Waals surface area contributed by atoms with Gasteiger partial charge in [-0.15, -0.1) is 0 Å². The lowest BCUT2D eigenvalue weighted by Gasteiger charge is -2.32. The molecule has 4 heteroatoms. The maximum absolute atomic E-state index is 10.9. The van der Waals surface area contributed by atoms with Crippen LogP contribution in [0.1, 0.15) is 0 Å². The Bertz CT molecular complexity index is 356. The van der Waals surface area contributed by atoms with Crippen molar-refractivity contribution in [1.82, 2.24) is 0 Å². The second-order valence-corrected chi connectivity index (χ2v) is 4.47. The molecule has 80 valence electrons. The quantitative estimate of drug-likeness (QED) is 0.765. The van der Waals surface area contributed by atoms with Crippen LogP contribution >= 0.6 is 11.8 Å². The topological polar surface area (TPSA) is 41.1 Å². The van der Waals surface area contributed by atoms with E-state index in [1.165, 1.54) is 0 Å². The molecule has 0 spiro atoms. The number of aldehydes is 1. The number of hydrogen-bond acceptors (Lipinski definition) is 4. The summed E-state index contributed by atoms with van der Waals surface area (Å²) in [6.07, 6.45) is 3.02. The first-order valence-corrected chi connectivity index (χ1v) is 6.31. The Morgan fingerprint density at radius 1 is 1.33 bits per heavy atom. The van der Waals surface area contributed by atoms with Gasteiger partial charge < -0.3 is 15.4 Å². The minimum absolute atomic E-state index is 0.132. The molecule has 2 N–H and O–H groups in total. The van der Waals surface area contributed by atoms with Crippen molar-refractivity contribution < 1.29 is 4.79 Å². The molecule has 1 aliphatic rings. The summed E-state index contributed by atoms with van der Waals surface area (Å²) < 4.78 is 0. The van der Waals surface area contributed by atoms with E-state index in [2.05, 4.69) is 10.6 Å². The molecule has 0 aliphatic carbocycles. The molecular weight excluding hydrogens is 208 g/mol. The maximum atomic E-state index is 10.9. The molecule has 0 saturated heterocycles. The number of carbonyl (C=O) groups is 1. The van der Waals surface area contributed by atoms with E-state index in [-0.39, 0.29) is 12.1 Å². The van der Waals surface area contributed by atoms with Crippen LogP contribution < -0.4 is 10.6 Å². The average Bonchev–Trinajstić information content (AvgIpc) is 2.28. The Balaban J connectivity index is 2.22. The highest BCUT2D eigenvalue weighted by molar-refractivity contribution is 7.98. The number of thioether (sulfide) groups is 1. The van der Waals surface area contributed by atoms with Crippen molar-refractivity contribution in [2.24, 2.45) is 0 Å². The Kier molecular flexibility index (Phi) is 3.16. The molecule has 2 rings (SSSR count). The van der Waals surface area contributed by atoms with Crippen LogP contribution in [0, 0.1) is 0 Å². The fraction of sp³-hybridized carbons (Fsp3) is 0.364. The number of para-hydroxylation sites is 2. The lowest BCUT2D eigenvalue weighted by atomic mass is 10.1. The minimum Gasteiger partial charge on any atom is -0.377 e. The monoisotopic (exact) mass is 222 g/mol. The van der Waals surface area contributed by atoms with Crippen molar-refractivity contribution >= 4 is 29.4 Å². The van der Waals surface area contributed by atoms with Crippen LogP contribution in [0.5, 0.6) is 0 Å². The number of nitrogens with one attached hydrogen (secondary N) is 2. The van der Waals surface area contributed by atoms with Crippen molar-refractivity contribution in [2.45, 2.75) is 12.1 Å². The number of fused-ring (bicyclic) bond motifs is 1. The van der Waals surface area contributed by atoms with Crippen molar-refractivity contribution in [2.75, 3.05) is 22.6 Å². The van der Waals surface area contributed by atoms with E-state index in [9.17, 15) is 4.79 Å². The molecular formula is C11H14N2OS. The fourth-order valence-corrected chi connectivity index (χ4v) is 2.41. The lowest BCUT2D eigenvalue weighted by molar-refractivity contribution is -0.108. The summed E-state index contributed by atoms with van der Waals surface area (Å²) >= 11 is 1.74. The second-order valence-electron chi connectivity index (χ2n) is 3.56. The van der Waals surface area contributed by atoms with Crippen molar-refractivity contribution in [3.63, 3.8) is 0 Å². The molecule has 0 aromatic heterocycles. The first-order valence-electron chi connectivity index (χ1n) is 4.91. The fourth-order valence-electron chi connectivity index (χ4n) is 1.76. The third kappa shape index (κ3) is 2.09. The van der Waals surface area contributed by atoms with Gasteiger partial charge in [0.25, 0.3) is 0 Å². The van der Waals surface area contributed by atoms with Gasteiger partial charge in [0.1, 0.15) is 12.3 Å². The SMILES string of the molecule is CSCC1Nc2ccccc2NC1C=O. The highest BCUT2D eigenvalue weighted by Gasteiger charge is 2.26. The molecule has 2 atom stereocenters. The third-order valence-electron chi connectivity index (χ3n) is 2.52. The van der Waals surface area contributed by atoms with Crippen LogP contribution in [-0.4, -0.2) is 30.4 Å². The van der Waals surface area contributed by atoms with Gasteiger partial charge in [-0.3, -0.25) is 0 Å². The van der Waals surface area contributed by atoms with E-state index >= 15 is 0 Å². The summed E-state index contributed by atoms with van der Waals surface area (Å²) in [5, 5.41) is 6.62. The van der Waals surface area contributed by atoms with Crippen LogP contribution in [0.3, 0.4) is 0 Å². The Labute approximate surface area is 93.6 Å². The average molecular weight is 222 g/mol. The first kappa shape index (κ1) is 10.4. The predicted molar refractivity (Wildman–Crippen MR) is 65.7 cm³/mol. The number of benzene rings is 1. The highest BCUT2D eigenvalue weighted by atomic mass is 32.2. The van der Waals surface area contributed by atoms with E-state index in [1.54, 1.807) is 11.8 Å². The molecule has 0 bridgehead atoms. The van der Waals surface area contributed by atoms with Crippen molar-refractivity contribution in [3.05, 3.63) is 24.3 Å². The van der Waals surface area contributed by atoms with Gasteiger partial charge in [0.05, 0.1) is 17.4 Å². The number of anilines is 2. The normalized spacial score (nSPS) is 23.5. The van der Waals surface area contributed by atoms with E-state index in [1.807, 2.05) is 30.5 Å².